The third-order valence-corrected chi connectivity index (χ3v) is 4.85. The van der Waals surface area contributed by atoms with Gasteiger partial charge in [-0.3, -0.25) is 19.2 Å². The molecule has 0 saturated heterocycles. The van der Waals surface area contributed by atoms with Crippen LogP contribution < -0.4 is 10.5 Å². The number of primary amides is 1. The summed E-state index contributed by atoms with van der Waals surface area (Å²) >= 11 is 0. The molecule has 2 aromatic rings. The molecule has 1 unspecified atom stereocenters. The maximum Gasteiger partial charge on any atom is 0.306 e. The summed E-state index contributed by atoms with van der Waals surface area (Å²) in [6.07, 6.45) is 1.80. The lowest BCUT2D eigenvalue weighted by Gasteiger charge is -2.11. The monoisotopic (exact) mass is 452 g/mol. The molecule has 0 aliphatic rings. The van der Waals surface area contributed by atoms with Crippen LogP contribution in [0.2, 0.25) is 0 Å². The van der Waals surface area contributed by atoms with Crippen molar-refractivity contribution in [2.45, 2.75) is 32.1 Å². The number of nitrogens with zero attached hydrogens (tertiary/aromatic N) is 1. The van der Waals surface area contributed by atoms with Crippen LogP contribution in [-0.4, -0.2) is 41.2 Å². The van der Waals surface area contributed by atoms with Crippen molar-refractivity contribution in [3.8, 4) is 5.75 Å². The lowest BCUT2D eigenvalue weighted by molar-refractivity contribution is -0.144. The summed E-state index contributed by atoms with van der Waals surface area (Å²) < 4.78 is 5.58. The molecular formula is C24H24N2O7. The van der Waals surface area contributed by atoms with Gasteiger partial charge in [-0.25, -0.2) is 4.79 Å². The Balaban J connectivity index is 1.79. The predicted octanol–water partition coefficient (Wildman–Crippen LogP) is 2.97. The van der Waals surface area contributed by atoms with E-state index >= 15 is 0 Å². The van der Waals surface area contributed by atoms with Gasteiger partial charge in [-0.15, -0.1) is 0 Å². The molecule has 9 nitrogen and oxygen atoms in total. The smallest absolute Gasteiger partial charge is 0.306 e. The Morgan fingerprint density at radius 3 is 2.12 bits per heavy atom. The summed E-state index contributed by atoms with van der Waals surface area (Å²) in [5, 5.41) is 9.15. The fraction of sp³-hybridized carbons (Fsp3) is 0.292. The molecule has 0 radical (unpaired) electrons. The molecule has 0 aromatic heterocycles. The van der Waals surface area contributed by atoms with Gasteiger partial charge < -0.3 is 15.6 Å². The van der Waals surface area contributed by atoms with Gasteiger partial charge in [0.25, 0.3) is 0 Å². The molecule has 3 N–H and O–H groups in total. The number of aliphatic imine (C=N–C) groups is 1. The van der Waals surface area contributed by atoms with Gasteiger partial charge in [-0.1, -0.05) is 0 Å². The highest BCUT2D eigenvalue weighted by Crippen LogP contribution is 2.19. The average molecular weight is 452 g/mol. The standard InChI is InChI=1S/C24H24N2O7/c25-22(29)12-7-18(24(31)32)14-20(28)2-1-13-33-21-10-5-17(6-11-21)23(30)16-3-8-19(9-4-16)26-15-27/h3-6,8-11,18H,1-2,7,12-14H2,(H2,25,29)(H,31,32). The van der Waals surface area contributed by atoms with Crippen LogP contribution in [0.4, 0.5) is 5.69 Å². The van der Waals surface area contributed by atoms with E-state index in [9.17, 15) is 24.0 Å². The minimum Gasteiger partial charge on any atom is -0.494 e. The number of hydrogen-bond donors (Lipinski definition) is 2. The van der Waals surface area contributed by atoms with Crippen molar-refractivity contribution >= 4 is 35.2 Å². The van der Waals surface area contributed by atoms with Crippen molar-refractivity contribution < 1.29 is 33.8 Å². The van der Waals surface area contributed by atoms with Gasteiger partial charge in [0.15, 0.2) is 5.78 Å². The molecule has 0 saturated carbocycles. The number of amides is 1. The number of ether oxygens (including phenoxy) is 1. The highest BCUT2D eigenvalue weighted by atomic mass is 16.5. The molecule has 1 amide bonds. The van der Waals surface area contributed by atoms with E-state index in [-0.39, 0.29) is 43.9 Å². The number of aliphatic carboxylic acids is 1. The maximum atomic E-state index is 12.5. The van der Waals surface area contributed by atoms with Crippen LogP contribution in [0.3, 0.4) is 0 Å². The molecule has 172 valence electrons. The van der Waals surface area contributed by atoms with Gasteiger partial charge in [-0.05, 0) is 61.4 Å². The van der Waals surface area contributed by atoms with Crippen LogP contribution in [0.5, 0.6) is 5.75 Å². The van der Waals surface area contributed by atoms with Crippen LogP contribution in [0.25, 0.3) is 0 Å². The molecule has 1 atom stereocenters. The second-order valence-electron chi connectivity index (χ2n) is 7.34. The number of hydrogen-bond acceptors (Lipinski definition) is 7. The first-order valence-corrected chi connectivity index (χ1v) is 10.3. The molecule has 0 heterocycles. The summed E-state index contributed by atoms with van der Waals surface area (Å²) in [6, 6.07) is 12.8. The molecule has 33 heavy (non-hydrogen) atoms. The molecule has 0 bridgehead atoms. The summed E-state index contributed by atoms with van der Waals surface area (Å²) in [4.78, 5) is 60.3. The Morgan fingerprint density at radius 2 is 1.58 bits per heavy atom. The normalized spacial score (nSPS) is 11.2. The van der Waals surface area contributed by atoms with Gasteiger partial charge in [0.1, 0.15) is 11.5 Å². The second-order valence-corrected chi connectivity index (χ2v) is 7.34. The quantitative estimate of drug-likeness (QED) is 0.193. The fourth-order valence-corrected chi connectivity index (χ4v) is 3.07. The maximum absolute atomic E-state index is 12.5. The number of Topliss-reactive ketones (excluding diaryl/α,β-unsaturated/α-hetero) is 1. The first kappa shape index (κ1) is 25.2. The van der Waals surface area contributed by atoms with Crippen LogP contribution in [0.15, 0.2) is 53.5 Å². The topological polar surface area (TPSA) is 153 Å². The largest absolute Gasteiger partial charge is 0.494 e. The Kier molecular flexibility index (Phi) is 9.67. The molecule has 0 aliphatic carbocycles. The Bertz CT molecular complexity index is 1040. The van der Waals surface area contributed by atoms with Crippen molar-refractivity contribution in [3.05, 3.63) is 59.7 Å². The lowest BCUT2D eigenvalue weighted by Crippen LogP contribution is -2.21. The number of benzene rings is 2. The van der Waals surface area contributed by atoms with E-state index in [1.54, 1.807) is 48.5 Å². The van der Waals surface area contributed by atoms with E-state index in [1.807, 2.05) is 0 Å². The molecule has 2 rings (SSSR count). The van der Waals surface area contributed by atoms with E-state index < -0.39 is 17.8 Å². The predicted molar refractivity (Wildman–Crippen MR) is 118 cm³/mol. The number of carboxylic acid groups (broad SMARTS) is 1. The molecule has 0 fully saturated rings. The van der Waals surface area contributed by atoms with E-state index in [0.717, 1.165) is 0 Å². The van der Waals surface area contributed by atoms with Crippen LogP contribution in [0.1, 0.15) is 48.0 Å². The number of carbonyl (C=O) groups is 4. The SMILES string of the molecule is NC(=O)CCC(CC(=O)CCCOc1ccc(C(=O)c2ccc(N=C=O)cc2)cc1)C(=O)O. The molecule has 9 heteroatoms. The van der Waals surface area contributed by atoms with Gasteiger partial charge in [-0.2, -0.15) is 4.99 Å². The van der Waals surface area contributed by atoms with Crippen LogP contribution in [-0.2, 0) is 19.2 Å². The summed E-state index contributed by atoms with van der Waals surface area (Å²) in [5.74, 6) is -2.54. The molecule has 2 aromatic carbocycles. The number of carbonyl (C=O) groups excluding carboxylic acids is 4. The number of nitrogens with two attached hydrogens (primary N) is 1. The van der Waals surface area contributed by atoms with Crippen LogP contribution >= 0.6 is 0 Å². The first-order valence-electron chi connectivity index (χ1n) is 10.3. The molecule has 0 spiro atoms. The van der Waals surface area contributed by atoms with Crippen molar-refractivity contribution in [1.29, 1.82) is 0 Å². The number of carboxylic acids is 1. The highest BCUT2D eigenvalue weighted by molar-refractivity contribution is 6.09. The minimum absolute atomic E-state index is 0.0365. The third kappa shape index (κ3) is 8.51. The number of isocyanates is 1. The highest BCUT2D eigenvalue weighted by Gasteiger charge is 2.21. The van der Waals surface area contributed by atoms with Crippen LogP contribution in [0, 0.1) is 5.92 Å². The van der Waals surface area contributed by atoms with Crippen molar-refractivity contribution in [1.82, 2.24) is 0 Å². The first-order chi connectivity index (χ1) is 15.8. The Hall–Kier alpha value is -4.10. The molecular weight excluding hydrogens is 428 g/mol. The average Bonchev–Trinajstić information content (AvgIpc) is 2.80. The van der Waals surface area contributed by atoms with Gasteiger partial charge in [0.2, 0.25) is 12.0 Å². The second kappa shape index (κ2) is 12.7. The summed E-state index contributed by atoms with van der Waals surface area (Å²) in [7, 11) is 0. The van der Waals surface area contributed by atoms with Crippen molar-refractivity contribution in [2.24, 2.45) is 16.6 Å². The lowest BCUT2D eigenvalue weighted by atomic mass is 9.95. The Labute approximate surface area is 190 Å². The fourth-order valence-electron chi connectivity index (χ4n) is 3.07. The van der Waals surface area contributed by atoms with E-state index in [1.165, 1.54) is 6.08 Å². The van der Waals surface area contributed by atoms with Gasteiger partial charge in [0, 0.05) is 30.4 Å². The Morgan fingerprint density at radius 1 is 0.970 bits per heavy atom. The van der Waals surface area contributed by atoms with Crippen molar-refractivity contribution in [3.63, 3.8) is 0 Å². The minimum atomic E-state index is -1.12. The van der Waals surface area contributed by atoms with E-state index in [0.29, 0.717) is 29.0 Å². The number of ketones is 2. The zero-order chi connectivity index (χ0) is 24.2. The van der Waals surface area contributed by atoms with Gasteiger partial charge in [0.05, 0.1) is 18.2 Å². The van der Waals surface area contributed by atoms with E-state index in [4.69, 9.17) is 15.6 Å². The molecule has 0 aliphatic heterocycles. The van der Waals surface area contributed by atoms with Gasteiger partial charge >= 0.3 is 5.97 Å². The summed E-state index contributed by atoms with van der Waals surface area (Å²) in [6.45, 7) is 0.247. The van der Waals surface area contributed by atoms with E-state index in [2.05, 4.69) is 4.99 Å². The third-order valence-electron chi connectivity index (χ3n) is 4.85. The number of rotatable bonds is 14. The van der Waals surface area contributed by atoms with Crippen molar-refractivity contribution in [2.75, 3.05) is 6.61 Å². The zero-order valence-corrected chi connectivity index (χ0v) is 17.9. The zero-order valence-electron chi connectivity index (χ0n) is 17.9. The summed E-state index contributed by atoms with van der Waals surface area (Å²) in [5.41, 5.74) is 6.34.